The first-order valence-electron chi connectivity index (χ1n) is 8.07. The molecule has 1 saturated heterocycles. The molecular formula is C17H23N5O. The zero-order valence-electron chi connectivity index (χ0n) is 13.6. The number of likely N-dealkylation sites (tertiary alicyclic amines) is 1. The third-order valence-electron chi connectivity index (χ3n) is 4.61. The molecule has 2 heterocycles. The summed E-state index contributed by atoms with van der Waals surface area (Å²) in [7, 11) is 0. The fourth-order valence-electron chi connectivity index (χ4n) is 3.17. The van der Waals surface area contributed by atoms with Crippen molar-refractivity contribution in [1.82, 2.24) is 19.7 Å². The van der Waals surface area contributed by atoms with Crippen LogP contribution in [0.5, 0.6) is 0 Å². The molecule has 1 aromatic carbocycles. The molecular weight excluding hydrogens is 290 g/mol. The van der Waals surface area contributed by atoms with Crippen molar-refractivity contribution in [2.24, 2.45) is 11.7 Å². The molecule has 0 radical (unpaired) electrons. The molecule has 6 heteroatoms. The predicted molar refractivity (Wildman–Crippen MR) is 88.4 cm³/mol. The van der Waals surface area contributed by atoms with E-state index in [1.54, 1.807) is 11.0 Å². The molecule has 0 saturated carbocycles. The third kappa shape index (κ3) is 3.27. The average Bonchev–Trinajstić information content (AvgIpc) is 3.08. The number of amides is 1. The predicted octanol–water partition coefficient (Wildman–Crippen LogP) is 1.78. The van der Waals surface area contributed by atoms with Crippen molar-refractivity contribution in [2.75, 3.05) is 13.1 Å². The lowest BCUT2D eigenvalue weighted by Crippen LogP contribution is -2.45. The van der Waals surface area contributed by atoms with E-state index < -0.39 is 0 Å². The molecule has 2 aromatic rings. The monoisotopic (exact) mass is 313 g/mol. The highest BCUT2D eigenvalue weighted by atomic mass is 16.2. The molecule has 0 aliphatic carbocycles. The molecule has 6 nitrogen and oxygen atoms in total. The van der Waals surface area contributed by atoms with Crippen molar-refractivity contribution in [3.8, 4) is 5.69 Å². The van der Waals surface area contributed by atoms with E-state index in [4.69, 9.17) is 5.73 Å². The number of piperidine rings is 1. The number of aryl methyl sites for hydroxylation is 1. The summed E-state index contributed by atoms with van der Waals surface area (Å²) in [6.45, 7) is 5.55. The Labute approximate surface area is 136 Å². The Bertz CT molecular complexity index is 680. The lowest BCUT2D eigenvalue weighted by molar-refractivity contribution is 0.0660. The second kappa shape index (κ2) is 6.50. The number of hydrogen-bond donors (Lipinski definition) is 1. The molecule has 2 atom stereocenters. The molecule has 122 valence electrons. The Morgan fingerprint density at radius 3 is 2.91 bits per heavy atom. The van der Waals surface area contributed by atoms with Crippen molar-refractivity contribution < 1.29 is 4.79 Å². The largest absolute Gasteiger partial charge is 0.338 e. The summed E-state index contributed by atoms with van der Waals surface area (Å²) in [5, 5.41) is 4.12. The van der Waals surface area contributed by atoms with Crippen molar-refractivity contribution in [3.63, 3.8) is 0 Å². The first-order valence-corrected chi connectivity index (χ1v) is 8.07. The molecule has 1 amide bonds. The maximum atomic E-state index is 12.8. The molecule has 2 unspecified atom stereocenters. The van der Waals surface area contributed by atoms with Gasteiger partial charge in [-0.25, -0.2) is 9.67 Å². The fraction of sp³-hybridized carbons (Fsp3) is 0.471. The first-order chi connectivity index (χ1) is 11.1. The van der Waals surface area contributed by atoms with E-state index >= 15 is 0 Å². The van der Waals surface area contributed by atoms with E-state index in [2.05, 4.69) is 10.1 Å². The van der Waals surface area contributed by atoms with Gasteiger partial charge in [0.1, 0.15) is 12.7 Å². The standard InChI is InChI=1S/C17H23N5O/c1-12-8-15(22-11-19-10-20-22)5-6-16(12)17(23)21-7-3-4-14(9-21)13(2)18/h5-6,8,10-11,13-14H,3-4,7,9,18H2,1-2H3. The van der Waals surface area contributed by atoms with Crippen LogP contribution >= 0.6 is 0 Å². The van der Waals surface area contributed by atoms with E-state index in [-0.39, 0.29) is 11.9 Å². The van der Waals surface area contributed by atoms with Crippen LogP contribution in [0.1, 0.15) is 35.7 Å². The van der Waals surface area contributed by atoms with Crippen molar-refractivity contribution >= 4 is 5.91 Å². The van der Waals surface area contributed by atoms with Gasteiger partial charge in [-0.15, -0.1) is 0 Å². The molecule has 0 spiro atoms. The Balaban J connectivity index is 1.80. The lowest BCUT2D eigenvalue weighted by atomic mass is 9.91. The van der Waals surface area contributed by atoms with Gasteiger partial charge in [-0.1, -0.05) is 0 Å². The molecule has 1 aliphatic heterocycles. The van der Waals surface area contributed by atoms with Gasteiger partial charge in [0.25, 0.3) is 5.91 Å². The van der Waals surface area contributed by atoms with Crippen LogP contribution in [0, 0.1) is 12.8 Å². The summed E-state index contributed by atoms with van der Waals surface area (Å²) in [5.41, 5.74) is 8.62. The average molecular weight is 313 g/mol. The molecule has 0 bridgehead atoms. The van der Waals surface area contributed by atoms with Crippen molar-refractivity contribution in [3.05, 3.63) is 42.0 Å². The van der Waals surface area contributed by atoms with Gasteiger partial charge in [-0.3, -0.25) is 4.79 Å². The maximum Gasteiger partial charge on any atom is 0.254 e. The number of rotatable bonds is 3. The highest BCUT2D eigenvalue weighted by molar-refractivity contribution is 5.96. The number of nitrogens with zero attached hydrogens (tertiary/aromatic N) is 4. The summed E-state index contributed by atoms with van der Waals surface area (Å²) >= 11 is 0. The zero-order chi connectivity index (χ0) is 16.4. The third-order valence-corrected chi connectivity index (χ3v) is 4.61. The molecule has 23 heavy (non-hydrogen) atoms. The van der Waals surface area contributed by atoms with Gasteiger partial charge in [-0.05, 0) is 56.4 Å². The highest BCUT2D eigenvalue weighted by Crippen LogP contribution is 2.22. The molecule has 3 rings (SSSR count). The van der Waals surface area contributed by atoms with E-state index in [9.17, 15) is 4.79 Å². The summed E-state index contributed by atoms with van der Waals surface area (Å²) in [5.74, 6) is 0.486. The lowest BCUT2D eigenvalue weighted by Gasteiger charge is -2.35. The van der Waals surface area contributed by atoms with Crippen LogP contribution in [-0.4, -0.2) is 44.7 Å². The molecule has 2 N–H and O–H groups in total. The van der Waals surface area contributed by atoms with Gasteiger partial charge >= 0.3 is 0 Å². The SMILES string of the molecule is Cc1cc(-n2cncn2)ccc1C(=O)N1CCCC(C(C)N)C1. The minimum Gasteiger partial charge on any atom is -0.338 e. The van der Waals surface area contributed by atoms with Crippen LogP contribution in [0.2, 0.25) is 0 Å². The number of carbonyl (C=O) groups excluding carboxylic acids is 1. The van der Waals surface area contributed by atoms with Crippen LogP contribution in [-0.2, 0) is 0 Å². The number of nitrogens with two attached hydrogens (primary N) is 1. The number of aromatic nitrogens is 3. The van der Waals surface area contributed by atoms with E-state index in [0.717, 1.165) is 42.7 Å². The number of carbonyl (C=O) groups is 1. The minimum absolute atomic E-state index is 0.0954. The van der Waals surface area contributed by atoms with E-state index in [1.807, 2.05) is 36.9 Å². The van der Waals surface area contributed by atoms with E-state index in [0.29, 0.717) is 5.92 Å². The van der Waals surface area contributed by atoms with Crippen molar-refractivity contribution in [2.45, 2.75) is 32.7 Å². The fourth-order valence-corrected chi connectivity index (χ4v) is 3.17. The Morgan fingerprint density at radius 2 is 2.26 bits per heavy atom. The zero-order valence-corrected chi connectivity index (χ0v) is 13.6. The van der Waals surface area contributed by atoms with Crippen LogP contribution in [0.15, 0.2) is 30.9 Å². The summed E-state index contributed by atoms with van der Waals surface area (Å²) < 4.78 is 1.69. The van der Waals surface area contributed by atoms with Crippen LogP contribution < -0.4 is 5.73 Å². The maximum absolute atomic E-state index is 12.8. The van der Waals surface area contributed by atoms with Crippen molar-refractivity contribution in [1.29, 1.82) is 0 Å². The molecule has 1 aromatic heterocycles. The quantitative estimate of drug-likeness (QED) is 0.937. The number of benzene rings is 1. The second-order valence-corrected chi connectivity index (χ2v) is 6.35. The minimum atomic E-state index is 0.0954. The van der Waals surface area contributed by atoms with Crippen LogP contribution in [0.3, 0.4) is 0 Å². The number of hydrogen-bond acceptors (Lipinski definition) is 4. The van der Waals surface area contributed by atoms with E-state index in [1.165, 1.54) is 6.33 Å². The van der Waals surface area contributed by atoms with Gasteiger partial charge in [-0.2, -0.15) is 5.10 Å². The first kappa shape index (κ1) is 15.7. The summed E-state index contributed by atoms with van der Waals surface area (Å²) in [4.78, 5) is 18.7. The highest BCUT2D eigenvalue weighted by Gasteiger charge is 2.27. The normalized spacial score (nSPS) is 19.6. The summed E-state index contributed by atoms with van der Waals surface area (Å²) in [6.07, 6.45) is 5.27. The molecule has 1 aliphatic rings. The van der Waals surface area contributed by atoms with Gasteiger partial charge in [0.2, 0.25) is 0 Å². The Morgan fingerprint density at radius 1 is 1.43 bits per heavy atom. The Hall–Kier alpha value is -2.21. The van der Waals surface area contributed by atoms with Gasteiger partial charge in [0, 0.05) is 24.7 Å². The van der Waals surface area contributed by atoms with Crippen LogP contribution in [0.25, 0.3) is 5.69 Å². The summed E-state index contributed by atoms with van der Waals surface area (Å²) in [6, 6.07) is 5.88. The smallest absolute Gasteiger partial charge is 0.254 e. The molecule has 1 fully saturated rings. The Kier molecular flexibility index (Phi) is 4.43. The van der Waals surface area contributed by atoms with Crippen LogP contribution in [0.4, 0.5) is 0 Å². The topological polar surface area (TPSA) is 77.0 Å². The van der Waals surface area contributed by atoms with Gasteiger partial charge in [0.05, 0.1) is 5.69 Å². The van der Waals surface area contributed by atoms with Gasteiger partial charge < -0.3 is 10.6 Å². The second-order valence-electron chi connectivity index (χ2n) is 6.35. The van der Waals surface area contributed by atoms with Gasteiger partial charge in [0.15, 0.2) is 0 Å².